The molecule has 0 aliphatic heterocycles. The van der Waals surface area contributed by atoms with Gasteiger partial charge < -0.3 is 15.2 Å². The Balaban J connectivity index is 2.72. The molecule has 6 heteroatoms. The van der Waals surface area contributed by atoms with Gasteiger partial charge in [-0.15, -0.1) is 0 Å². The maximum absolute atomic E-state index is 11.8. The van der Waals surface area contributed by atoms with Crippen LogP contribution < -0.4 is 5.32 Å². The SMILES string of the molecule is CCOC(=O)c1cnn(C)c1CNC(C)C(C)CO. The Morgan fingerprint density at radius 3 is 2.84 bits per heavy atom. The molecule has 0 bridgehead atoms. The van der Waals surface area contributed by atoms with E-state index in [1.807, 2.05) is 13.8 Å². The van der Waals surface area contributed by atoms with Gasteiger partial charge in [0, 0.05) is 26.2 Å². The molecule has 1 aromatic heterocycles. The molecule has 0 saturated heterocycles. The molecule has 0 radical (unpaired) electrons. The highest BCUT2D eigenvalue weighted by Crippen LogP contribution is 2.10. The quantitative estimate of drug-likeness (QED) is 0.713. The molecule has 0 fully saturated rings. The Labute approximate surface area is 113 Å². The summed E-state index contributed by atoms with van der Waals surface area (Å²) in [6, 6.07) is 0.148. The first-order valence-corrected chi connectivity index (χ1v) is 6.53. The van der Waals surface area contributed by atoms with Crippen molar-refractivity contribution in [3.63, 3.8) is 0 Å². The fourth-order valence-corrected chi connectivity index (χ4v) is 1.67. The summed E-state index contributed by atoms with van der Waals surface area (Å²) in [6.07, 6.45) is 1.52. The van der Waals surface area contributed by atoms with Crippen LogP contribution in [0, 0.1) is 5.92 Å². The molecule has 0 saturated carbocycles. The number of nitrogens with zero attached hydrogens (tertiary/aromatic N) is 2. The van der Waals surface area contributed by atoms with Gasteiger partial charge in [-0.25, -0.2) is 4.79 Å². The van der Waals surface area contributed by atoms with Crippen molar-refractivity contribution in [3.8, 4) is 0 Å². The van der Waals surface area contributed by atoms with Crippen molar-refractivity contribution in [2.45, 2.75) is 33.4 Å². The Bertz CT molecular complexity index is 417. The summed E-state index contributed by atoms with van der Waals surface area (Å²) in [4.78, 5) is 11.8. The van der Waals surface area contributed by atoms with Gasteiger partial charge >= 0.3 is 5.97 Å². The number of esters is 1. The second-order valence-corrected chi connectivity index (χ2v) is 4.68. The van der Waals surface area contributed by atoms with Crippen LogP contribution in [0.25, 0.3) is 0 Å². The van der Waals surface area contributed by atoms with E-state index >= 15 is 0 Å². The first-order chi connectivity index (χ1) is 9.01. The minimum absolute atomic E-state index is 0.129. The molecule has 1 rings (SSSR count). The second-order valence-electron chi connectivity index (χ2n) is 4.68. The largest absolute Gasteiger partial charge is 0.462 e. The van der Waals surface area contributed by atoms with Gasteiger partial charge in [0.05, 0.1) is 18.5 Å². The highest BCUT2D eigenvalue weighted by Gasteiger charge is 2.18. The number of aliphatic hydroxyl groups excluding tert-OH is 1. The molecule has 19 heavy (non-hydrogen) atoms. The fourth-order valence-electron chi connectivity index (χ4n) is 1.67. The highest BCUT2D eigenvalue weighted by molar-refractivity contribution is 5.90. The van der Waals surface area contributed by atoms with Gasteiger partial charge in [-0.2, -0.15) is 5.10 Å². The molecule has 0 spiro atoms. The molecular weight excluding hydrogens is 246 g/mol. The zero-order valence-corrected chi connectivity index (χ0v) is 12.0. The molecule has 0 aromatic carbocycles. The Morgan fingerprint density at radius 1 is 1.58 bits per heavy atom. The van der Waals surface area contributed by atoms with Crippen molar-refractivity contribution in [3.05, 3.63) is 17.5 Å². The van der Waals surface area contributed by atoms with Crippen molar-refractivity contribution in [1.82, 2.24) is 15.1 Å². The molecule has 0 amide bonds. The van der Waals surface area contributed by atoms with Crippen LogP contribution in [0.1, 0.15) is 36.8 Å². The van der Waals surface area contributed by atoms with Crippen LogP contribution in [0.2, 0.25) is 0 Å². The standard InChI is InChI=1S/C13H23N3O3/c1-5-19-13(18)11-6-15-16(4)12(11)7-14-10(3)9(2)8-17/h6,9-10,14,17H,5,7-8H2,1-4H3. The third-order valence-electron chi connectivity index (χ3n) is 3.29. The van der Waals surface area contributed by atoms with E-state index in [2.05, 4.69) is 10.4 Å². The summed E-state index contributed by atoms with van der Waals surface area (Å²) in [5.74, 6) is -0.200. The number of hydrogen-bond acceptors (Lipinski definition) is 5. The summed E-state index contributed by atoms with van der Waals surface area (Å²) in [6.45, 7) is 6.73. The Morgan fingerprint density at radius 2 is 2.26 bits per heavy atom. The lowest BCUT2D eigenvalue weighted by Gasteiger charge is -2.19. The average molecular weight is 269 g/mol. The van der Waals surface area contributed by atoms with Crippen LogP contribution in [0.4, 0.5) is 0 Å². The first-order valence-electron chi connectivity index (χ1n) is 6.53. The second kappa shape index (κ2) is 7.25. The molecule has 6 nitrogen and oxygen atoms in total. The molecular formula is C13H23N3O3. The normalized spacial score (nSPS) is 14.2. The van der Waals surface area contributed by atoms with E-state index in [4.69, 9.17) is 9.84 Å². The molecule has 0 aliphatic carbocycles. The molecule has 2 unspecified atom stereocenters. The van der Waals surface area contributed by atoms with E-state index in [0.717, 1.165) is 5.69 Å². The van der Waals surface area contributed by atoms with Crippen molar-refractivity contribution >= 4 is 5.97 Å². The molecule has 1 heterocycles. The summed E-state index contributed by atoms with van der Waals surface area (Å²) in [7, 11) is 1.79. The monoisotopic (exact) mass is 269 g/mol. The topological polar surface area (TPSA) is 76.4 Å². The van der Waals surface area contributed by atoms with Crippen molar-refractivity contribution < 1.29 is 14.6 Å². The number of nitrogens with one attached hydrogen (secondary N) is 1. The zero-order chi connectivity index (χ0) is 14.4. The predicted molar refractivity (Wildman–Crippen MR) is 71.7 cm³/mol. The zero-order valence-electron chi connectivity index (χ0n) is 12.0. The minimum atomic E-state index is -0.352. The minimum Gasteiger partial charge on any atom is -0.462 e. The number of aromatic nitrogens is 2. The molecule has 2 atom stereocenters. The van der Waals surface area contributed by atoms with Crippen molar-refractivity contribution in [1.29, 1.82) is 0 Å². The fraction of sp³-hybridized carbons (Fsp3) is 0.692. The molecule has 2 N–H and O–H groups in total. The van der Waals surface area contributed by atoms with E-state index in [-0.39, 0.29) is 24.5 Å². The molecule has 1 aromatic rings. The van der Waals surface area contributed by atoms with Crippen LogP contribution in [0.3, 0.4) is 0 Å². The Hall–Kier alpha value is -1.40. The number of carbonyl (C=O) groups excluding carboxylic acids is 1. The number of aryl methyl sites for hydroxylation is 1. The third kappa shape index (κ3) is 4.04. The van der Waals surface area contributed by atoms with Crippen molar-refractivity contribution in [2.75, 3.05) is 13.2 Å². The number of carbonyl (C=O) groups is 1. The van der Waals surface area contributed by atoms with Gasteiger partial charge in [-0.3, -0.25) is 4.68 Å². The van der Waals surface area contributed by atoms with E-state index in [1.54, 1.807) is 18.7 Å². The lowest BCUT2D eigenvalue weighted by atomic mass is 10.1. The average Bonchev–Trinajstić information content (AvgIpc) is 2.76. The van der Waals surface area contributed by atoms with Gasteiger partial charge in [0.25, 0.3) is 0 Å². The first kappa shape index (κ1) is 15.7. The highest BCUT2D eigenvalue weighted by atomic mass is 16.5. The van der Waals surface area contributed by atoms with Gasteiger partial charge in [0.2, 0.25) is 0 Å². The summed E-state index contributed by atoms with van der Waals surface area (Å²) >= 11 is 0. The van der Waals surface area contributed by atoms with Gasteiger partial charge in [-0.05, 0) is 19.8 Å². The van der Waals surface area contributed by atoms with Crippen LogP contribution in [-0.4, -0.2) is 40.1 Å². The van der Waals surface area contributed by atoms with Crippen LogP contribution >= 0.6 is 0 Å². The third-order valence-corrected chi connectivity index (χ3v) is 3.29. The number of ether oxygens (including phenoxy) is 1. The van der Waals surface area contributed by atoms with E-state index in [0.29, 0.717) is 18.7 Å². The van der Waals surface area contributed by atoms with Gasteiger partial charge in [0.1, 0.15) is 5.56 Å². The van der Waals surface area contributed by atoms with E-state index in [9.17, 15) is 4.79 Å². The lowest BCUT2D eigenvalue weighted by Crippen LogP contribution is -2.34. The predicted octanol–water partition coefficient (Wildman–Crippen LogP) is 0.703. The summed E-state index contributed by atoms with van der Waals surface area (Å²) in [5, 5.41) is 16.5. The van der Waals surface area contributed by atoms with Crippen LogP contribution in [0.5, 0.6) is 0 Å². The van der Waals surface area contributed by atoms with Gasteiger partial charge in [-0.1, -0.05) is 6.92 Å². The molecule has 108 valence electrons. The maximum Gasteiger partial charge on any atom is 0.341 e. The van der Waals surface area contributed by atoms with E-state index < -0.39 is 0 Å². The van der Waals surface area contributed by atoms with Crippen molar-refractivity contribution in [2.24, 2.45) is 13.0 Å². The maximum atomic E-state index is 11.8. The number of hydrogen-bond donors (Lipinski definition) is 2. The summed E-state index contributed by atoms with van der Waals surface area (Å²) in [5.41, 5.74) is 1.27. The summed E-state index contributed by atoms with van der Waals surface area (Å²) < 4.78 is 6.66. The number of rotatable bonds is 7. The van der Waals surface area contributed by atoms with E-state index in [1.165, 1.54) is 6.20 Å². The van der Waals surface area contributed by atoms with Crippen LogP contribution in [0.15, 0.2) is 6.20 Å². The van der Waals surface area contributed by atoms with Crippen LogP contribution in [-0.2, 0) is 18.3 Å². The smallest absolute Gasteiger partial charge is 0.341 e. The lowest BCUT2D eigenvalue weighted by molar-refractivity contribution is 0.0524. The Kier molecular flexibility index (Phi) is 5.98. The van der Waals surface area contributed by atoms with Gasteiger partial charge in [0.15, 0.2) is 0 Å². The molecule has 0 aliphatic rings. The number of aliphatic hydroxyl groups is 1.